The number of nitro groups is 1. The third-order valence-corrected chi connectivity index (χ3v) is 4.40. The van der Waals surface area contributed by atoms with E-state index in [9.17, 15) is 31.7 Å². The smallest absolute Gasteiger partial charge is 0.393 e. The molecule has 0 aliphatic heterocycles. The number of rotatable bonds is 4. The molecular weight excluding hydrogens is 351 g/mol. The SMILES string of the molecule is Nc1ccc(NS(=O)(=O)c2ccccc2C(F)(F)F)cc1[N+](=O)[O-]. The zero-order chi connectivity index (χ0) is 18.1. The van der Waals surface area contributed by atoms with Crippen molar-refractivity contribution in [3.05, 3.63) is 58.1 Å². The molecule has 0 unspecified atom stereocenters. The standard InChI is InChI=1S/C13H10F3N3O4S/c14-13(15,16)9-3-1-2-4-12(9)24(22,23)18-8-5-6-10(17)11(7-8)19(20)21/h1-7,18H,17H2. The number of hydrogen-bond donors (Lipinski definition) is 2. The van der Waals surface area contributed by atoms with Crippen molar-refractivity contribution in [1.29, 1.82) is 0 Å². The molecule has 0 aromatic heterocycles. The zero-order valence-electron chi connectivity index (χ0n) is 11.7. The van der Waals surface area contributed by atoms with E-state index < -0.39 is 37.3 Å². The van der Waals surface area contributed by atoms with E-state index in [0.717, 1.165) is 36.4 Å². The van der Waals surface area contributed by atoms with Crippen molar-refractivity contribution in [3.63, 3.8) is 0 Å². The summed E-state index contributed by atoms with van der Waals surface area (Å²) in [5.74, 6) is 0. The van der Waals surface area contributed by atoms with E-state index in [-0.39, 0.29) is 11.4 Å². The molecule has 0 saturated carbocycles. The van der Waals surface area contributed by atoms with Crippen LogP contribution in [0.3, 0.4) is 0 Å². The molecule has 0 atom stereocenters. The van der Waals surface area contributed by atoms with E-state index in [1.54, 1.807) is 0 Å². The Hall–Kier alpha value is -2.82. The number of nitrogens with zero attached hydrogens (tertiary/aromatic N) is 1. The average molecular weight is 361 g/mol. The summed E-state index contributed by atoms with van der Waals surface area (Å²) in [5.41, 5.74) is 2.97. The first kappa shape index (κ1) is 17.5. The monoisotopic (exact) mass is 361 g/mol. The van der Waals surface area contributed by atoms with Gasteiger partial charge in [-0.25, -0.2) is 8.42 Å². The van der Waals surface area contributed by atoms with Gasteiger partial charge in [0.25, 0.3) is 15.7 Å². The highest BCUT2D eigenvalue weighted by Gasteiger charge is 2.37. The Balaban J connectivity index is 2.48. The second-order valence-electron chi connectivity index (χ2n) is 4.63. The average Bonchev–Trinajstić information content (AvgIpc) is 2.48. The van der Waals surface area contributed by atoms with E-state index in [2.05, 4.69) is 0 Å². The first-order chi connectivity index (χ1) is 11.0. The van der Waals surface area contributed by atoms with Crippen LogP contribution in [-0.4, -0.2) is 13.3 Å². The number of alkyl halides is 3. The Kier molecular flexibility index (Phi) is 4.38. The van der Waals surface area contributed by atoms with E-state index in [0.29, 0.717) is 6.07 Å². The molecule has 0 heterocycles. The normalized spacial score (nSPS) is 12.0. The quantitative estimate of drug-likeness (QED) is 0.493. The second kappa shape index (κ2) is 6.00. The molecule has 0 amide bonds. The summed E-state index contributed by atoms with van der Waals surface area (Å²) < 4.78 is 65.2. The Labute approximate surface area is 134 Å². The predicted octanol–water partition coefficient (Wildman–Crippen LogP) is 3.00. The van der Waals surface area contributed by atoms with Gasteiger partial charge in [-0.3, -0.25) is 14.8 Å². The molecule has 0 spiro atoms. The van der Waals surface area contributed by atoms with Gasteiger partial charge < -0.3 is 5.73 Å². The Bertz CT molecular complexity index is 898. The molecule has 0 radical (unpaired) electrons. The number of nitrogens with one attached hydrogen (secondary N) is 1. The number of halogens is 3. The van der Waals surface area contributed by atoms with Crippen LogP contribution in [0, 0.1) is 10.1 Å². The van der Waals surface area contributed by atoms with Gasteiger partial charge in [-0.2, -0.15) is 13.2 Å². The first-order valence-corrected chi connectivity index (χ1v) is 7.73. The van der Waals surface area contributed by atoms with Crippen LogP contribution in [0.15, 0.2) is 47.4 Å². The maximum atomic E-state index is 12.9. The number of nitro benzene ring substituents is 1. The van der Waals surface area contributed by atoms with Crippen LogP contribution in [-0.2, 0) is 16.2 Å². The topological polar surface area (TPSA) is 115 Å². The highest BCUT2D eigenvalue weighted by atomic mass is 32.2. The number of nitrogen functional groups attached to an aromatic ring is 1. The van der Waals surface area contributed by atoms with Gasteiger partial charge in [-0.1, -0.05) is 12.1 Å². The minimum atomic E-state index is -4.88. The Morgan fingerprint density at radius 3 is 2.33 bits per heavy atom. The lowest BCUT2D eigenvalue weighted by Gasteiger charge is -2.14. The van der Waals surface area contributed by atoms with E-state index >= 15 is 0 Å². The van der Waals surface area contributed by atoms with E-state index in [1.165, 1.54) is 0 Å². The molecule has 0 fully saturated rings. The molecule has 7 nitrogen and oxygen atoms in total. The van der Waals surface area contributed by atoms with Gasteiger partial charge in [0, 0.05) is 6.07 Å². The Morgan fingerprint density at radius 2 is 1.75 bits per heavy atom. The second-order valence-corrected chi connectivity index (χ2v) is 6.28. The van der Waals surface area contributed by atoms with Crippen molar-refractivity contribution in [2.75, 3.05) is 10.5 Å². The van der Waals surface area contributed by atoms with Crippen LogP contribution >= 0.6 is 0 Å². The van der Waals surface area contributed by atoms with Gasteiger partial charge >= 0.3 is 6.18 Å². The predicted molar refractivity (Wildman–Crippen MR) is 79.8 cm³/mol. The molecule has 0 bridgehead atoms. The molecule has 24 heavy (non-hydrogen) atoms. The molecule has 11 heteroatoms. The molecule has 2 aromatic carbocycles. The van der Waals surface area contributed by atoms with Crippen LogP contribution in [0.4, 0.5) is 30.2 Å². The van der Waals surface area contributed by atoms with Crippen LogP contribution in [0.2, 0.25) is 0 Å². The zero-order valence-corrected chi connectivity index (χ0v) is 12.6. The lowest BCUT2D eigenvalue weighted by molar-refractivity contribution is -0.383. The summed E-state index contributed by atoms with van der Waals surface area (Å²) in [5, 5.41) is 10.8. The molecule has 3 N–H and O–H groups in total. The van der Waals surface area contributed by atoms with Gasteiger partial charge in [0.05, 0.1) is 21.1 Å². The van der Waals surface area contributed by atoms with Gasteiger partial charge in [0.15, 0.2) is 0 Å². The fourth-order valence-corrected chi connectivity index (χ4v) is 3.19. The fourth-order valence-electron chi connectivity index (χ4n) is 1.91. The van der Waals surface area contributed by atoms with Crippen molar-refractivity contribution in [2.24, 2.45) is 0 Å². The first-order valence-electron chi connectivity index (χ1n) is 6.25. The lowest BCUT2D eigenvalue weighted by atomic mass is 10.2. The summed E-state index contributed by atoms with van der Waals surface area (Å²) in [6.07, 6.45) is -4.88. The summed E-state index contributed by atoms with van der Waals surface area (Å²) in [6, 6.07) is 6.60. The molecule has 128 valence electrons. The maximum Gasteiger partial charge on any atom is 0.417 e. The third kappa shape index (κ3) is 3.56. The van der Waals surface area contributed by atoms with Crippen LogP contribution in [0.5, 0.6) is 0 Å². The lowest BCUT2D eigenvalue weighted by Crippen LogP contribution is -2.19. The molecular formula is C13H10F3N3O4S. The van der Waals surface area contributed by atoms with Crippen molar-refractivity contribution in [3.8, 4) is 0 Å². The fraction of sp³-hybridized carbons (Fsp3) is 0.0769. The van der Waals surface area contributed by atoms with E-state index in [1.807, 2.05) is 4.72 Å². The number of benzene rings is 2. The van der Waals surface area contributed by atoms with Crippen molar-refractivity contribution in [1.82, 2.24) is 0 Å². The largest absolute Gasteiger partial charge is 0.417 e. The highest BCUT2D eigenvalue weighted by molar-refractivity contribution is 7.92. The number of hydrogen-bond acceptors (Lipinski definition) is 5. The summed E-state index contributed by atoms with van der Waals surface area (Å²) >= 11 is 0. The summed E-state index contributed by atoms with van der Waals surface area (Å²) in [4.78, 5) is 8.97. The number of nitrogens with two attached hydrogens (primary N) is 1. The van der Waals surface area contributed by atoms with Crippen molar-refractivity contribution >= 4 is 27.1 Å². The van der Waals surface area contributed by atoms with Gasteiger partial charge in [-0.05, 0) is 24.3 Å². The Morgan fingerprint density at radius 1 is 1.12 bits per heavy atom. The van der Waals surface area contributed by atoms with Gasteiger partial charge in [0.2, 0.25) is 0 Å². The van der Waals surface area contributed by atoms with Crippen molar-refractivity contribution < 1.29 is 26.5 Å². The highest BCUT2D eigenvalue weighted by Crippen LogP contribution is 2.35. The van der Waals surface area contributed by atoms with Gasteiger partial charge in [-0.15, -0.1) is 0 Å². The molecule has 0 aliphatic rings. The summed E-state index contributed by atoms with van der Waals surface area (Å²) in [7, 11) is -4.62. The minimum Gasteiger partial charge on any atom is -0.393 e. The molecule has 2 aromatic rings. The molecule has 0 saturated heterocycles. The van der Waals surface area contributed by atoms with Crippen LogP contribution in [0.25, 0.3) is 0 Å². The minimum absolute atomic E-state index is 0.210. The van der Waals surface area contributed by atoms with Crippen LogP contribution < -0.4 is 10.5 Å². The van der Waals surface area contributed by atoms with Crippen LogP contribution in [0.1, 0.15) is 5.56 Å². The molecule has 0 aliphatic carbocycles. The van der Waals surface area contributed by atoms with Crippen molar-refractivity contribution in [2.45, 2.75) is 11.1 Å². The van der Waals surface area contributed by atoms with Gasteiger partial charge in [0.1, 0.15) is 5.69 Å². The summed E-state index contributed by atoms with van der Waals surface area (Å²) in [6.45, 7) is 0. The molecule has 2 rings (SSSR count). The van der Waals surface area contributed by atoms with E-state index in [4.69, 9.17) is 5.73 Å². The number of sulfonamides is 1. The number of anilines is 2. The third-order valence-electron chi connectivity index (χ3n) is 2.96. The maximum absolute atomic E-state index is 12.9.